The summed E-state index contributed by atoms with van der Waals surface area (Å²) in [5.41, 5.74) is 3.06. The SMILES string of the molecule is Cc1ccccc1-c1nnc(SCC(=O)N2CCCC2c2ccc3c(c2)OCCO3)o1. The molecule has 31 heavy (non-hydrogen) atoms. The Morgan fingerprint density at radius 3 is 2.84 bits per heavy atom. The maximum atomic E-state index is 13.0. The predicted octanol–water partition coefficient (Wildman–Crippen LogP) is 4.27. The molecule has 2 aliphatic rings. The van der Waals surface area contributed by atoms with E-state index in [1.54, 1.807) is 0 Å². The van der Waals surface area contributed by atoms with Crippen molar-refractivity contribution in [3.8, 4) is 23.0 Å². The van der Waals surface area contributed by atoms with Crippen LogP contribution >= 0.6 is 11.8 Å². The summed E-state index contributed by atoms with van der Waals surface area (Å²) >= 11 is 1.28. The number of benzene rings is 2. The van der Waals surface area contributed by atoms with Crippen molar-refractivity contribution in [2.45, 2.75) is 31.0 Å². The first-order valence-electron chi connectivity index (χ1n) is 10.4. The maximum absolute atomic E-state index is 13.0. The van der Waals surface area contributed by atoms with E-state index < -0.39 is 0 Å². The van der Waals surface area contributed by atoms with Gasteiger partial charge in [-0.3, -0.25) is 4.79 Å². The van der Waals surface area contributed by atoms with Gasteiger partial charge in [0.05, 0.1) is 11.8 Å². The number of nitrogens with zero attached hydrogens (tertiary/aromatic N) is 3. The lowest BCUT2D eigenvalue weighted by atomic mass is 10.0. The van der Waals surface area contributed by atoms with E-state index in [0.29, 0.717) is 24.3 Å². The average Bonchev–Trinajstić information content (AvgIpc) is 3.47. The Balaban J connectivity index is 1.25. The number of aryl methyl sites for hydroxylation is 1. The highest BCUT2D eigenvalue weighted by Crippen LogP contribution is 2.38. The number of hydrogen-bond donors (Lipinski definition) is 0. The van der Waals surface area contributed by atoms with Crippen LogP contribution in [-0.2, 0) is 4.79 Å². The molecule has 3 aromatic rings. The molecular formula is C23H23N3O4S. The Kier molecular flexibility index (Phi) is 5.55. The van der Waals surface area contributed by atoms with Crippen molar-refractivity contribution in [2.24, 2.45) is 0 Å². The number of likely N-dealkylation sites (tertiary alicyclic amines) is 1. The molecule has 7 nitrogen and oxygen atoms in total. The fraction of sp³-hybridized carbons (Fsp3) is 0.348. The molecule has 0 bridgehead atoms. The number of aromatic nitrogens is 2. The molecule has 1 saturated heterocycles. The first kappa shape index (κ1) is 19.9. The number of thioether (sulfide) groups is 1. The topological polar surface area (TPSA) is 77.7 Å². The molecule has 160 valence electrons. The van der Waals surface area contributed by atoms with Gasteiger partial charge >= 0.3 is 0 Å². The first-order chi connectivity index (χ1) is 15.2. The fourth-order valence-corrected chi connectivity index (χ4v) is 4.72. The van der Waals surface area contributed by atoms with Crippen LogP contribution < -0.4 is 9.47 Å². The lowest BCUT2D eigenvalue weighted by molar-refractivity contribution is -0.129. The van der Waals surface area contributed by atoms with Gasteiger partial charge in [-0.05, 0) is 49.1 Å². The Bertz CT molecular complexity index is 1100. The van der Waals surface area contributed by atoms with Crippen molar-refractivity contribution in [3.63, 3.8) is 0 Å². The van der Waals surface area contributed by atoms with E-state index in [0.717, 1.165) is 47.6 Å². The van der Waals surface area contributed by atoms with Crippen LogP contribution in [0.1, 0.15) is 30.0 Å². The summed E-state index contributed by atoms with van der Waals surface area (Å²) < 4.78 is 17.1. The highest BCUT2D eigenvalue weighted by molar-refractivity contribution is 7.99. The van der Waals surface area contributed by atoms with Gasteiger partial charge in [0.1, 0.15) is 13.2 Å². The van der Waals surface area contributed by atoms with E-state index >= 15 is 0 Å². The smallest absolute Gasteiger partial charge is 0.277 e. The van der Waals surface area contributed by atoms with E-state index in [1.807, 2.05) is 54.3 Å². The van der Waals surface area contributed by atoms with Crippen LogP contribution in [0.2, 0.25) is 0 Å². The lowest BCUT2D eigenvalue weighted by Crippen LogP contribution is -2.32. The molecule has 2 aliphatic heterocycles. The normalized spacial score (nSPS) is 17.7. The van der Waals surface area contributed by atoms with Crippen molar-refractivity contribution in [2.75, 3.05) is 25.5 Å². The number of carbonyl (C=O) groups excluding carboxylic acids is 1. The van der Waals surface area contributed by atoms with Gasteiger partial charge in [-0.1, -0.05) is 36.0 Å². The summed E-state index contributed by atoms with van der Waals surface area (Å²) in [5, 5.41) is 8.65. The van der Waals surface area contributed by atoms with Crippen LogP contribution in [-0.4, -0.2) is 46.5 Å². The minimum atomic E-state index is 0.0501. The third-order valence-electron chi connectivity index (χ3n) is 5.63. The molecule has 5 rings (SSSR count). The third kappa shape index (κ3) is 4.12. The van der Waals surface area contributed by atoms with E-state index in [2.05, 4.69) is 10.2 Å². The molecule has 0 saturated carbocycles. The van der Waals surface area contributed by atoms with Gasteiger partial charge in [0.2, 0.25) is 11.8 Å². The van der Waals surface area contributed by atoms with E-state index in [1.165, 1.54) is 11.8 Å². The summed E-state index contributed by atoms with van der Waals surface area (Å²) in [4.78, 5) is 14.9. The lowest BCUT2D eigenvalue weighted by Gasteiger charge is -2.26. The van der Waals surface area contributed by atoms with Crippen molar-refractivity contribution < 1.29 is 18.7 Å². The zero-order valence-electron chi connectivity index (χ0n) is 17.2. The molecule has 1 amide bonds. The van der Waals surface area contributed by atoms with Crippen LogP contribution in [0, 0.1) is 6.92 Å². The molecule has 8 heteroatoms. The molecule has 1 unspecified atom stereocenters. The van der Waals surface area contributed by atoms with Crippen LogP contribution in [0.15, 0.2) is 52.1 Å². The average molecular weight is 438 g/mol. The van der Waals surface area contributed by atoms with Gasteiger partial charge in [-0.15, -0.1) is 10.2 Å². The fourth-order valence-electron chi connectivity index (χ4n) is 4.08. The van der Waals surface area contributed by atoms with Gasteiger partial charge in [0.15, 0.2) is 11.5 Å². The van der Waals surface area contributed by atoms with Crippen LogP contribution in [0.3, 0.4) is 0 Å². The quantitative estimate of drug-likeness (QED) is 0.552. The van der Waals surface area contributed by atoms with Gasteiger partial charge in [0, 0.05) is 12.1 Å². The molecule has 1 fully saturated rings. The molecule has 0 radical (unpaired) electrons. The van der Waals surface area contributed by atoms with Gasteiger partial charge in [0.25, 0.3) is 5.22 Å². The number of carbonyl (C=O) groups is 1. The molecule has 2 aromatic carbocycles. The summed E-state index contributed by atoms with van der Waals surface area (Å²) in [5.74, 6) is 2.33. The summed E-state index contributed by atoms with van der Waals surface area (Å²) in [6.45, 7) is 3.87. The predicted molar refractivity (Wildman–Crippen MR) is 116 cm³/mol. The van der Waals surface area contributed by atoms with E-state index in [-0.39, 0.29) is 17.7 Å². The zero-order chi connectivity index (χ0) is 21.2. The standard InChI is InChI=1S/C23H23N3O4S/c1-15-5-2-3-6-17(15)22-24-25-23(30-22)31-14-21(27)26-10-4-7-18(26)16-8-9-19-20(13-16)29-12-11-28-19/h2-3,5-6,8-9,13,18H,4,7,10-12,14H2,1H3. The first-order valence-corrected chi connectivity index (χ1v) is 11.4. The van der Waals surface area contributed by atoms with Crippen molar-refractivity contribution >= 4 is 17.7 Å². The summed E-state index contributed by atoms with van der Waals surface area (Å²) in [6.07, 6.45) is 1.92. The minimum Gasteiger partial charge on any atom is -0.486 e. The summed E-state index contributed by atoms with van der Waals surface area (Å²) in [6, 6.07) is 13.9. The summed E-state index contributed by atoms with van der Waals surface area (Å²) in [7, 11) is 0. The molecule has 1 aromatic heterocycles. The number of amides is 1. The van der Waals surface area contributed by atoms with Gasteiger partial charge in [-0.25, -0.2) is 0 Å². The number of rotatable bonds is 5. The Labute approximate surface area is 184 Å². The minimum absolute atomic E-state index is 0.0501. The monoisotopic (exact) mass is 437 g/mol. The second-order valence-corrected chi connectivity index (χ2v) is 8.55. The molecule has 1 atom stereocenters. The molecule has 3 heterocycles. The zero-order valence-corrected chi connectivity index (χ0v) is 18.1. The highest BCUT2D eigenvalue weighted by atomic mass is 32.2. The van der Waals surface area contributed by atoms with Crippen molar-refractivity contribution in [1.82, 2.24) is 15.1 Å². The maximum Gasteiger partial charge on any atom is 0.277 e. The van der Waals surface area contributed by atoms with Crippen LogP contribution in [0.5, 0.6) is 11.5 Å². The second-order valence-electron chi connectivity index (χ2n) is 7.62. The Morgan fingerprint density at radius 2 is 1.97 bits per heavy atom. The number of hydrogen-bond acceptors (Lipinski definition) is 7. The highest BCUT2D eigenvalue weighted by Gasteiger charge is 2.31. The third-order valence-corrected chi connectivity index (χ3v) is 6.43. The Morgan fingerprint density at radius 1 is 1.13 bits per heavy atom. The molecule has 0 N–H and O–H groups in total. The largest absolute Gasteiger partial charge is 0.486 e. The molecule has 0 spiro atoms. The van der Waals surface area contributed by atoms with Crippen molar-refractivity contribution in [3.05, 3.63) is 53.6 Å². The van der Waals surface area contributed by atoms with Crippen molar-refractivity contribution in [1.29, 1.82) is 0 Å². The van der Waals surface area contributed by atoms with Gasteiger partial charge in [-0.2, -0.15) is 0 Å². The van der Waals surface area contributed by atoms with Crippen LogP contribution in [0.4, 0.5) is 0 Å². The number of ether oxygens (including phenoxy) is 2. The number of fused-ring (bicyclic) bond motifs is 1. The van der Waals surface area contributed by atoms with Crippen LogP contribution in [0.25, 0.3) is 11.5 Å². The van der Waals surface area contributed by atoms with E-state index in [4.69, 9.17) is 13.9 Å². The molecular weight excluding hydrogens is 414 g/mol. The second kappa shape index (κ2) is 8.63. The van der Waals surface area contributed by atoms with Gasteiger partial charge < -0.3 is 18.8 Å². The molecule has 0 aliphatic carbocycles. The Hall–Kier alpha value is -3.00. The van der Waals surface area contributed by atoms with E-state index in [9.17, 15) is 4.79 Å².